The van der Waals surface area contributed by atoms with E-state index < -0.39 is 172 Å². The van der Waals surface area contributed by atoms with Crippen LogP contribution in [0.2, 0.25) is 0 Å². The van der Waals surface area contributed by atoms with Gasteiger partial charge in [0.2, 0.25) is 0 Å². The molecule has 0 bridgehead atoms. The third-order valence-electron chi connectivity index (χ3n) is 7.11. The zero-order valence-electron chi connectivity index (χ0n) is 23.7. The van der Waals surface area contributed by atoms with Crippen molar-refractivity contribution in [2.75, 3.05) is 0 Å². The fourth-order valence-corrected chi connectivity index (χ4v) is 14.9. The second-order valence-corrected chi connectivity index (χ2v) is 19.3. The SMILES string of the molecule is O=[C](c1c(F)c(F)c(F)c(F)c1F)[Sn]([C](=O)c1c(F)c(F)c(F)c(F)c1F)([C](=O)c1c(F)c(F)c(F)c(F)c1F)[C](=O)c1c(F)c(F)c(F)c(F)c1F. The fourth-order valence-electron chi connectivity index (χ4n) is 4.59. The van der Waals surface area contributed by atoms with Crippen molar-refractivity contribution in [3.63, 3.8) is 0 Å². The maximum atomic E-state index is 15.0. The molecule has 0 aromatic heterocycles. The molecule has 0 atom stereocenters. The maximum absolute atomic E-state index is 15.0. The van der Waals surface area contributed by atoms with E-state index >= 15 is 35.1 Å². The van der Waals surface area contributed by atoms with E-state index in [-0.39, 0.29) is 0 Å². The van der Waals surface area contributed by atoms with Gasteiger partial charge in [0.15, 0.2) is 0 Å². The monoisotopic (exact) mass is 900 g/mol. The Balaban J connectivity index is 2.46. The minimum atomic E-state index is -10.2. The van der Waals surface area contributed by atoms with Crippen LogP contribution in [0.4, 0.5) is 87.8 Å². The molecule has 4 aromatic rings. The van der Waals surface area contributed by atoms with Crippen LogP contribution in [-0.2, 0) is 0 Å². The quantitative estimate of drug-likeness (QED) is 0.0782. The number of hydrogen-bond acceptors (Lipinski definition) is 4. The molecule has 0 saturated carbocycles. The summed E-state index contributed by atoms with van der Waals surface area (Å²) in [5, 5.41) is 0. The molecule has 0 spiro atoms. The van der Waals surface area contributed by atoms with Gasteiger partial charge in [0.1, 0.15) is 0 Å². The number of halogens is 20. The van der Waals surface area contributed by atoms with Crippen molar-refractivity contribution in [3.8, 4) is 0 Å². The molecule has 4 aromatic carbocycles. The van der Waals surface area contributed by atoms with E-state index in [4.69, 9.17) is 0 Å². The second kappa shape index (κ2) is 13.7. The summed E-state index contributed by atoms with van der Waals surface area (Å²) in [6.07, 6.45) is 0. The Morgan fingerprint density at radius 2 is 0.302 bits per heavy atom. The zero-order valence-corrected chi connectivity index (χ0v) is 26.5. The van der Waals surface area contributed by atoms with Gasteiger partial charge in [-0.25, -0.2) is 0 Å². The molecule has 0 amide bonds. The molecule has 4 rings (SSSR count). The van der Waals surface area contributed by atoms with Gasteiger partial charge in [0.05, 0.1) is 0 Å². The predicted octanol–water partition coefficient (Wildman–Crippen LogP) is 7.91. The summed E-state index contributed by atoms with van der Waals surface area (Å²) in [6.45, 7) is 0. The van der Waals surface area contributed by atoms with Crippen LogP contribution in [-0.4, -0.2) is 33.6 Å². The van der Waals surface area contributed by atoms with Crippen LogP contribution in [0.5, 0.6) is 0 Å². The van der Waals surface area contributed by atoms with Crippen LogP contribution in [0.15, 0.2) is 0 Å². The first kappa shape index (κ1) is 40.7. The van der Waals surface area contributed by atoms with E-state index in [1.54, 1.807) is 0 Å². The first-order chi connectivity index (χ1) is 24.3. The van der Waals surface area contributed by atoms with Gasteiger partial charge in [0, 0.05) is 0 Å². The molecule has 0 N–H and O–H groups in total. The molecule has 0 heterocycles. The van der Waals surface area contributed by atoms with E-state index in [0.717, 1.165) is 0 Å². The first-order valence-corrected chi connectivity index (χ1v) is 18.3. The summed E-state index contributed by atoms with van der Waals surface area (Å²) in [5.74, 6) is -69.9. The average Bonchev–Trinajstić information content (AvgIpc) is 3.11. The van der Waals surface area contributed by atoms with Gasteiger partial charge in [-0.2, -0.15) is 0 Å². The standard InChI is InChI=1S/4C7F5O.Sn/c4*8-3-2(1-13)4(9)6(11)7(12)5(3)10;. The molecule has 4 nitrogen and oxygen atoms in total. The minimum absolute atomic E-state index is 3.30. The fraction of sp³-hybridized carbons (Fsp3) is 0. The third kappa shape index (κ3) is 5.53. The summed E-state index contributed by atoms with van der Waals surface area (Å²) >= 11 is -10.2. The van der Waals surface area contributed by atoms with Crippen molar-refractivity contribution < 1.29 is 107 Å². The number of hydrogen-bond donors (Lipinski definition) is 0. The van der Waals surface area contributed by atoms with Gasteiger partial charge in [-0.15, -0.1) is 0 Å². The van der Waals surface area contributed by atoms with Crippen molar-refractivity contribution >= 4 is 33.6 Å². The molecule has 0 aliphatic carbocycles. The summed E-state index contributed by atoms with van der Waals surface area (Å²) in [5.41, 5.74) is -13.9. The van der Waals surface area contributed by atoms with Gasteiger partial charge in [-0.3, -0.25) is 0 Å². The van der Waals surface area contributed by atoms with Gasteiger partial charge in [-0.1, -0.05) is 0 Å². The van der Waals surface area contributed by atoms with Gasteiger partial charge in [-0.05, 0) is 0 Å². The molecule has 280 valence electrons. The topological polar surface area (TPSA) is 68.3 Å². The van der Waals surface area contributed by atoms with Crippen molar-refractivity contribution in [1.29, 1.82) is 0 Å². The predicted molar refractivity (Wildman–Crippen MR) is 128 cm³/mol. The number of rotatable bonds is 8. The molecule has 0 aliphatic heterocycles. The van der Waals surface area contributed by atoms with Crippen molar-refractivity contribution in [2.24, 2.45) is 0 Å². The van der Waals surface area contributed by atoms with Crippen LogP contribution in [0.25, 0.3) is 0 Å². The Bertz CT molecular complexity index is 1950. The number of carbonyl (C=O) groups is 4. The summed E-state index contributed by atoms with van der Waals surface area (Å²) in [4.78, 5) is 55.7. The molecule has 0 saturated heterocycles. The molecule has 0 fully saturated rings. The molecule has 25 heteroatoms. The normalized spacial score (nSPS) is 11.7. The Labute approximate surface area is 279 Å². The van der Waals surface area contributed by atoms with E-state index in [2.05, 4.69) is 0 Å². The molecule has 0 aliphatic rings. The zero-order chi connectivity index (χ0) is 40.7. The van der Waals surface area contributed by atoms with Crippen molar-refractivity contribution in [1.82, 2.24) is 0 Å². The Hall–Kier alpha value is -5.04. The Morgan fingerprint density at radius 3 is 0.415 bits per heavy atom. The molecule has 53 heavy (non-hydrogen) atoms. The average molecular weight is 899 g/mol. The Kier molecular flexibility index (Phi) is 10.6. The van der Waals surface area contributed by atoms with Crippen LogP contribution in [0.1, 0.15) is 41.4 Å². The van der Waals surface area contributed by atoms with Gasteiger partial charge >= 0.3 is 279 Å². The van der Waals surface area contributed by atoms with Gasteiger partial charge < -0.3 is 0 Å². The summed E-state index contributed by atoms with van der Waals surface area (Å²) in [6, 6.07) is 0. The molecular formula is C28F20O4Sn. The number of carbonyl (C=O) groups excluding carboxylic acids is 4. The third-order valence-corrected chi connectivity index (χ3v) is 17.7. The van der Waals surface area contributed by atoms with Crippen molar-refractivity contribution in [3.05, 3.63) is 139 Å². The number of benzene rings is 4. The van der Waals surface area contributed by atoms with Crippen LogP contribution in [0.3, 0.4) is 0 Å². The van der Waals surface area contributed by atoms with Crippen molar-refractivity contribution in [2.45, 2.75) is 0 Å². The molecule has 0 radical (unpaired) electrons. The van der Waals surface area contributed by atoms with E-state index in [9.17, 15) is 71.9 Å². The van der Waals surface area contributed by atoms with Crippen LogP contribution >= 0.6 is 0 Å². The Morgan fingerprint density at radius 1 is 0.208 bits per heavy atom. The second-order valence-electron chi connectivity index (χ2n) is 9.85. The van der Waals surface area contributed by atoms with E-state index in [0.29, 0.717) is 0 Å². The van der Waals surface area contributed by atoms with E-state index in [1.807, 2.05) is 0 Å². The first-order valence-electron chi connectivity index (χ1n) is 12.6. The van der Waals surface area contributed by atoms with Crippen LogP contribution in [0, 0.1) is 116 Å². The summed E-state index contributed by atoms with van der Waals surface area (Å²) < 4.78 is 273. The summed E-state index contributed by atoms with van der Waals surface area (Å²) in [7, 11) is 0. The van der Waals surface area contributed by atoms with Crippen LogP contribution < -0.4 is 0 Å². The molecular weight excluding hydrogens is 899 g/mol. The molecule has 0 unspecified atom stereocenters. The van der Waals surface area contributed by atoms with E-state index in [1.165, 1.54) is 0 Å². The van der Waals surface area contributed by atoms with Gasteiger partial charge in [0.25, 0.3) is 0 Å².